The molecule has 3 aromatic rings. The second-order valence-corrected chi connectivity index (χ2v) is 4.96. The van der Waals surface area contributed by atoms with Crippen molar-refractivity contribution in [2.45, 2.75) is 0 Å². The molecule has 0 bridgehead atoms. The van der Waals surface area contributed by atoms with Crippen molar-refractivity contribution < 1.29 is 4.79 Å². The molecule has 90 valence electrons. The number of fused-ring (bicyclic) bond motifs is 2. The van der Waals surface area contributed by atoms with E-state index in [1.165, 1.54) is 0 Å². The summed E-state index contributed by atoms with van der Waals surface area (Å²) in [5, 5.41) is 2.34. The van der Waals surface area contributed by atoms with Crippen LogP contribution in [0.5, 0.6) is 0 Å². The molecule has 1 aliphatic rings. The summed E-state index contributed by atoms with van der Waals surface area (Å²) < 4.78 is 0. The van der Waals surface area contributed by atoms with Gasteiger partial charge in [-0.1, -0.05) is 41.9 Å². The molecule has 1 aliphatic carbocycles. The molecule has 2 aromatic carbocycles. The van der Waals surface area contributed by atoms with Crippen molar-refractivity contribution in [1.82, 2.24) is 4.98 Å². The van der Waals surface area contributed by atoms with Crippen molar-refractivity contribution in [3.05, 3.63) is 64.8 Å². The summed E-state index contributed by atoms with van der Waals surface area (Å²) in [6.07, 6.45) is 1.77. The first-order valence-electron chi connectivity index (χ1n) is 5.98. The summed E-state index contributed by atoms with van der Waals surface area (Å²) in [4.78, 5) is 17.0. The second kappa shape index (κ2) is 3.65. The van der Waals surface area contributed by atoms with Crippen molar-refractivity contribution in [3.63, 3.8) is 0 Å². The van der Waals surface area contributed by atoms with E-state index in [1.807, 2.05) is 36.4 Å². The molecule has 0 N–H and O–H groups in total. The standard InChI is InChI=1S/C16H8ClNO/c17-12-6-5-9-7-8-18-15-10-3-1-2-4-11(10)16(19)14(12)13(9)15/h1-8H. The maximum absolute atomic E-state index is 12.6. The van der Waals surface area contributed by atoms with Crippen molar-refractivity contribution in [2.24, 2.45) is 0 Å². The van der Waals surface area contributed by atoms with Gasteiger partial charge in [0.2, 0.25) is 0 Å². The molecule has 0 fully saturated rings. The third-order valence-electron chi connectivity index (χ3n) is 3.54. The molecule has 3 heteroatoms. The number of hydrogen-bond donors (Lipinski definition) is 0. The zero-order valence-corrected chi connectivity index (χ0v) is 10.6. The van der Waals surface area contributed by atoms with E-state index in [4.69, 9.17) is 11.6 Å². The van der Waals surface area contributed by atoms with Crippen LogP contribution in [0.25, 0.3) is 22.0 Å². The van der Waals surface area contributed by atoms with Gasteiger partial charge in [-0.05, 0) is 17.5 Å². The van der Waals surface area contributed by atoms with Crippen LogP contribution in [0.15, 0.2) is 48.7 Å². The Hall–Kier alpha value is -2.19. The van der Waals surface area contributed by atoms with E-state index < -0.39 is 0 Å². The Morgan fingerprint density at radius 3 is 2.58 bits per heavy atom. The Kier molecular flexibility index (Phi) is 2.06. The summed E-state index contributed by atoms with van der Waals surface area (Å²) in [5.74, 6) is -0.0216. The number of halogens is 1. The van der Waals surface area contributed by atoms with Crippen LogP contribution < -0.4 is 0 Å². The third-order valence-corrected chi connectivity index (χ3v) is 3.85. The molecular formula is C16H8ClNO. The van der Waals surface area contributed by atoms with Gasteiger partial charge in [-0.2, -0.15) is 0 Å². The Labute approximate surface area is 114 Å². The van der Waals surface area contributed by atoms with Gasteiger partial charge in [0, 0.05) is 22.7 Å². The van der Waals surface area contributed by atoms with Gasteiger partial charge in [-0.3, -0.25) is 9.78 Å². The fourth-order valence-corrected chi connectivity index (χ4v) is 2.94. The van der Waals surface area contributed by atoms with Gasteiger partial charge in [-0.25, -0.2) is 0 Å². The van der Waals surface area contributed by atoms with Crippen LogP contribution in [0.3, 0.4) is 0 Å². The van der Waals surface area contributed by atoms with Crippen LogP contribution in [0.2, 0.25) is 5.02 Å². The molecule has 0 radical (unpaired) electrons. The van der Waals surface area contributed by atoms with Crippen LogP contribution in [0.4, 0.5) is 0 Å². The van der Waals surface area contributed by atoms with Gasteiger partial charge < -0.3 is 0 Å². The number of nitrogens with zero attached hydrogens (tertiary/aromatic N) is 1. The average Bonchev–Trinajstić information content (AvgIpc) is 2.45. The summed E-state index contributed by atoms with van der Waals surface area (Å²) >= 11 is 6.22. The van der Waals surface area contributed by atoms with Crippen LogP contribution in [-0.2, 0) is 0 Å². The number of carbonyl (C=O) groups is 1. The minimum atomic E-state index is -0.0216. The van der Waals surface area contributed by atoms with Crippen molar-refractivity contribution in [2.75, 3.05) is 0 Å². The van der Waals surface area contributed by atoms with E-state index in [0.717, 1.165) is 22.0 Å². The molecule has 0 spiro atoms. The normalized spacial score (nSPS) is 12.6. The first-order chi connectivity index (χ1) is 9.27. The monoisotopic (exact) mass is 265 g/mol. The van der Waals surface area contributed by atoms with E-state index in [-0.39, 0.29) is 5.78 Å². The largest absolute Gasteiger partial charge is 0.289 e. The van der Waals surface area contributed by atoms with Crippen LogP contribution in [0, 0.1) is 0 Å². The molecule has 2 nitrogen and oxygen atoms in total. The van der Waals surface area contributed by atoms with Gasteiger partial charge in [-0.15, -0.1) is 0 Å². The Morgan fingerprint density at radius 2 is 1.74 bits per heavy atom. The highest BCUT2D eigenvalue weighted by atomic mass is 35.5. The Balaban J connectivity index is 2.30. The first kappa shape index (κ1) is 10.7. The number of carbonyl (C=O) groups excluding carboxylic acids is 1. The molecule has 0 aliphatic heterocycles. The highest BCUT2D eigenvalue weighted by Crippen LogP contribution is 2.40. The molecule has 0 amide bonds. The number of hydrogen-bond acceptors (Lipinski definition) is 2. The van der Waals surface area contributed by atoms with Crippen LogP contribution in [0.1, 0.15) is 15.9 Å². The zero-order chi connectivity index (χ0) is 13.0. The quantitative estimate of drug-likeness (QED) is 0.479. The zero-order valence-electron chi connectivity index (χ0n) is 9.85. The topological polar surface area (TPSA) is 30.0 Å². The average molecular weight is 266 g/mol. The summed E-state index contributed by atoms with van der Waals surface area (Å²) in [6, 6.07) is 13.1. The van der Waals surface area contributed by atoms with Crippen LogP contribution >= 0.6 is 11.6 Å². The van der Waals surface area contributed by atoms with E-state index in [0.29, 0.717) is 16.1 Å². The molecule has 0 saturated heterocycles. The molecule has 4 rings (SSSR count). The van der Waals surface area contributed by atoms with Crippen LogP contribution in [-0.4, -0.2) is 10.8 Å². The second-order valence-electron chi connectivity index (χ2n) is 4.55. The lowest BCUT2D eigenvalue weighted by Crippen LogP contribution is -2.11. The van der Waals surface area contributed by atoms with E-state index >= 15 is 0 Å². The number of aromatic nitrogens is 1. The third kappa shape index (κ3) is 1.32. The van der Waals surface area contributed by atoms with Crippen molar-refractivity contribution in [3.8, 4) is 11.3 Å². The van der Waals surface area contributed by atoms with Crippen molar-refractivity contribution >= 4 is 28.2 Å². The minimum absolute atomic E-state index is 0.0216. The molecule has 0 unspecified atom stereocenters. The molecule has 19 heavy (non-hydrogen) atoms. The lowest BCUT2D eigenvalue weighted by Gasteiger charge is -2.19. The van der Waals surface area contributed by atoms with E-state index in [1.54, 1.807) is 12.3 Å². The smallest absolute Gasteiger partial charge is 0.195 e. The minimum Gasteiger partial charge on any atom is -0.289 e. The molecule has 0 atom stereocenters. The lowest BCUT2D eigenvalue weighted by molar-refractivity contribution is 0.104. The number of pyridine rings is 1. The van der Waals surface area contributed by atoms with Gasteiger partial charge in [0.25, 0.3) is 0 Å². The fourth-order valence-electron chi connectivity index (χ4n) is 2.69. The summed E-state index contributed by atoms with van der Waals surface area (Å²) in [6.45, 7) is 0. The maximum atomic E-state index is 12.6. The molecule has 1 aromatic heterocycles. The summed E-state index contributed by atoms with van der Waals surface area (Å²) in [7, 11) is 0. The fraction of sp³-hybridized carbons (Fsp3) is 0. The van der Waals surface area contributed by atoms with Crippen molar-refractivity contribution in [1.29, 1.82) is 0 Å². The number of ketones is 1. The van der Waals surface area contributed by atoms with E-state index in [2.05, 4.69) is 4.98 Å². The van der Waals surface area contributed by atoms with E-state index in [9.17, 15) is 4.79 Å². The predicted molar refractivity (Wildman–Crippen MR) is 75.6 cm³/mol. The SMILES string of the molecule is O=C1c2ccccc2-c2nccc3ccc(Cl)c1c23. The Morgan fingerprint density at radius 1 is 0.947 bits per heavy atom. The first-order valence-corrected chi connectivity index (χ1v) is 6.36. The molecule has 0 saturated carbocycles. The van der Waals surface area contributed by atoms with Gasteiger partial charge in [0.15, 0.2) is 5.78 Å². The Bertz CT molecular complexity index is 854. The maximum Gasteiger partial charge on any atom is 0.195 e. The highest BCUT2D eigenvalue weighted by molar-refractivity contribution is 6.39. The van der Waals surface area contributed by atoms with Gasteiger partial charge in [0.05, 0.1) is 16.3 Å². The van der Waals surface area contributed by atoms with Gasteiger partial charge >= 0.3 is 0 Å². The highest BCUT2D eigenvalue weighted by Gasteiger charge is 2.27. The lowest BCUT2D eigenvalue weighted by atomic mass is 9.86. The molecule has 1 heterocycles. The summed E-state index contributed by atoms with van der Waals surface area (Å²) in [5.41, 5.74) is 2.96. The number of benzene rings is 2. The molecular weight excluding hydrogens is 258 g/mol. The van der Waals surface area contributed by atoms with Gasteiger partial charge in [0.1, 0.15) is 0 Å². The predicted octanol–water partition coefficient (Wildman–Crippen LogP) is 4.10. The number of rotatable bonds is 0.